The normalized spacial score (nSPS) is 22.8. The lowest BCUT2D eigenvalue weighted by atomic mass is 9.78. The Morgan fingerprint density at radius 2 is 1.64 bits per heavy atom. The molecule has 1 aromatic carbocycles. The van der Waals surface area contributed by atoms with Crippen LogP contribution in [0.15, 0.2) is 12.1 Å². The maximum atomic E-state index is 13.6. The number of hydrogen-bond acceptors (Lipinski definition) is 1. The number of ether oxygens (including phenoxy) is 1. The highest BCUT2D eigenvalue weighted by Gasteiger charge is 2.38. The van der Waals surface area contributed by atoms with E-state index in [1.807, 2.05) is 0 Å². The van der Waals surface area contributed by atoms with Gasteiger partial charge in [0.15, 0.2) is 0 Å². The fourth-order valence-electron chi connectivity index (χ4n) is 3.71. The third-order valence-corrected chi connectivity index (χ3v) is 5.14. The van der Waals surface area contributed by atoms with Gasteiger partial charge in [0.1, 0.15) is 17.2 Å². The van der Waals surface area contributed by atoms with E-state index in [9.17, 15) is 22.0 Å². The van der Waals surface area contributed by atoms with Gasteiger partial charge in [-0.05, 0) is 55.2 Å². The third-order valence-electron chi connectivity index (χ3n) is 5.14. The lowest BCUT2D eigenvalue weighted by Gasteiger charge is -2.32. The molecule has 0 aromatic heterocycles. The molecule has 6 heteroatoms. The molecule has 2 rings (SSSR count). The Morgan fingerprint density at radius 3 is 2.12 bits per heavy atom. The minimum Gasteiger partial charge on any atom is -0.374 e. The van der Waals surface area contributed by atoms with E-state index in [1.165, 1.54) is 12.8 Å². The molecule has 0 saturated heterocycles. The van der Waals surface area contributed by atoms with Crippen molar-refractivity contribution < 1.29 is 26.7 Å². The number of hydrogen-bond donors (Lipinski definition) is 0. The molecule has 25 heavy (non-hydrogen) atoms. The molecule has 0 spiro atoms. The molecule has 1 aromatic rings. The standard InChI is InChI=1S/C19H25F5O/c1-3-4-12(2)14-5-7-15(8-6-14)25-11-13-9-16(20)18(17(21)10-13)19(22,23)24/h9-10,12,14-15H,3-8,11H2,1-2H3. The monoisotopic (exact) mass is 364 g/mol. The first kappa shape index (κ1) is 20.1. The highest BCUT2D eigenvalue weighted by Crippen LogP contribution is 2.35. The van der Waals surface area contributed by atoms with Gasteiger partial charge >= 0.3 is 6.18 Å². The maximum absolute atomic E-state index is 13.6. The van der Waals surface area contributed by atoms with Crippen molar-refractivity contribution in [3.63, 3.8) is 0 Å². The Labute approximate surface area is 145 Å². The zero-order valence-corrected chi connectivity index (χ0v) is 14.6. The first-order chi connectivity index (χ1) is 11.7. The van der Waals surface area contributed by atoms with E-state index in [2.05, 4.69) is 13.8 Å². The van der Waals surface area contributed by atoms with Crippen molar-refractivity contribution in [2.45, 2.75) is 71.3 Å². The van der Waals surface area contributed by atoms with E-state index in [0.717, 1.165) is 25.7 Å². The predicted octanol–water partition coefficient (Wildman–Crippen LogP) is 6.50. The molecule has 0 radical (unpaired) electrons. The minimum atomic E-state index is -5.04. The molecule has 1 fully saturated rings. The third kappa shape index (κ3) is 5.40. The van der Waals surface area contributed by atoms with E-state index < -0.39 is 23.4 Å². The van der Waals surface area contributed by atoms with Crippen LogP contribution in [-0.4, -0.2) is 6.10 Å². The quantitative estimate of drug-likeness (QED) is 0.524. The van der Waals surface area contributed by atoms with Crippen LogP contribution in [0.4, 0.5) is 22.0 Å². The summed E-state index contributed by atoms with van der Waals surface area (Å²) in [6.07, 6.45) is 1.21. The summed E-state index contributed by atoms with van der Waals surface area (Å²) in [5.74, 6) is -1.82. The van der Waals surface area contributed by atoms with Gasteiger partial charge in [-0.3, -0.25) is 0 Å². The Morgan fingerprint density at radius 1 is 1.08 bits per heavy atom. The Balaban J connectivity index is 1.89. The number of halogens is 5. The average molecular weight is 364 g/mol. The van der Waals surface area contributed by atoms with Crippen LogP contribution >= 0.6 is 0 Å². The molecule has 142 valence electrons. The van der Waals surface area contributed by atoms with E-state index in [-0.39, 0.29) is 18.3 Å². The topological polar surface area (TPSA) is 9.23 Å². The molecule has 1 atom stereocenters. The van der Waals surface area contributed by atoms with Crippen molar-refractivity contribution in [3.05, 3.63) is 34.9 Å². The Bertz CT molecular complexity index is 538. The number of benzene rings is 1. The molecule has 0 amide bonds. The van der Waals surface area contributed by atoms with Crippen molar-refractivity contribution >= 4 is 0 Å². The van der Waals surface area contributed by atoms with Crippen molar-refractivity contribution in [1.29, 1.82) is 0 Å². The van der Waals surface area contributed by atoms with Gasteiger partial charge in [0.25, 0.3) is 0 Å². The van der Waals surface area contributed by atoms with Crippen molar-refractivity contribution in [2.75, 3.05) is 0 Å². The predicted molar refractivity (Wildman–Crippen MR) is 86.0 cm³/mol. The van der Waals surface area contributed by atoms with Crippen LogP contribution < -0.4 is 0 Å². The summed E-state index contributed by atoms with van der Waals surface area (Å²) < 4.78 is 70.5. The van der Waals surface area contributed by atoms with Crippen LogP contribution in [0.25, 0.3) is 0 Å². The summed E-state index contributed by atoms with van der Waals surface area (Å²) in [4.78, 5) is 0. The minimum absolute atomic E-state index is 0.00140. The molecule has 0 heterocycles. The van der Waals surface area contributed by atoms with E-state index >= 15 is 0 Å². The van der Waals surface area contributed by atoms with Crippen molar-refractivity contribution in [2.24, 2.45) is 11.8 Å². The maximum Gasteiger partial charge on any atom is 0.422 e. The van der Waals surface area contributed by atoms with Crippen LogP contribution in [0.3, 0.4) is 0 Å². The molecule has 1 aliphatic carbocycles. The summed E-state index contributed by atoms with van der Waals surface area (Å²) in [5.41, 5.74) is -1.76. The van der Waals surface area contributed by atoms with Gasteiger partial charge in [-0.15, -0.1) is 0 Å². The van der Waals surface area contributed by atoms with Crippen LogP contribution in [0.2, 0.25) is 0 Å². The molecular weight excluding hydrogens is 339 g/mol. The SMILES string of the molecule is CCCC(C)C1CCC(OCc2cc(F)c(C(F)(F)F)c(F)c2)CC1. The Kier molecular flexibility index (Phi) is 6.83. The summed E-state index contributed by atoms with van der Waals surface area (Å²) in [6, 6.07) is 1.42. The van der Waals surface area contributed by atoms with Gasteiger partial charge < -0.3 is 4.74 Å². The molecular formula is C19H25F5O. The highest BCUT2D eigenvalue weighted by atomic mass is 19.4. The summed E-state index contributed by atoms with van der Waals surface area (Å²) in [6.45, 7) is 4.36. The summed E-state index contributed by atoms with van der Waals surface area (Å²) in [5, 5.41) is 0. The van der Waals surface area contributed by atoms with Gasteiger partial charge in [0.2, 0.25) is 0 Å². The molecule has 1 aliphatic rings. The fraction of sp³-hybridized carbons (Fsp3) is 0.684. The van der Waals surface area contributed by atoms with E-state index in [0.29, 0.717) is 24.0 Å². The first-order valence-corrected chi connectivity index (χ1v) is 8.89. The zero-order valence-electron chi connectivity index (χ0n) is 14.6. The van der Waals surface area contributed by atoms with Gasteiger partial charge in [-0.1, -0.05) is 26.7 Å². The molecule has 0 aliphatic heterocycles. The van der Waals surface area contributed by atoms with E-state index in [4.69, 9.17) is 4.74 Å². The zero-order chi connectivity index (χ0) is 18.6. The first-order valence-electron chi connectivity index (χ1n) is 8.89. The average Bonchev–Trinajstić information content (AvgIpc) is 2.51. The lowest BCUT2D eigenvalue weighted by Crippen LogP contribution is -2.25. The second-order valence-corrected chi connectivity index (χ2v) is 7.05. The van der Waals surface area contributed by atoms with Crippen molar-refractivity contribution in [3.8, 4) is 0 Å². The summed E-state index contributed by atoms with van der Waals surface area (Å²) in [7, 11) is 0. The largest absolute Gasteiger partial charge is 0.422 e. The number of alkyl halides is 3. The second kappa shape index (κ2) is 8.47. The Hall–Kier alpha value is -1.17. The van der Waals surface area contributed by atoms with Crippen LogP contribution in [0.1, 0.15) is 63.5 Å². The molecule has 1 nitrogen and oxygen atoms in total. The fourth-order valence-corrected chi connectivity index (χ4v) is 3.71. The van der Waals surface area contributed by atoms with Gasteiger partial charge in [-0.2, -0.15) is 13.2 Å². The molecule has 0 N–H and O–H groups in total. The molecule has 1 saturated carbocycles. The number of rotatable bonds is 6. The van der Waals surface area contributed by atoms with Crippen molar-refractivity contribution in [1.82, 2.24) is 0 Å². The van der Waals surface area contributed by atoms with Crippen LogP contribution in [0.5, 0.6) is 0 Å². The van der Waals surface area contributed by atoms with Crippen LogP contribution in [-0.2, 0) is 17.5 Å². The highest BCUT2D eigenvalue weighted by molar-refractivity contribution is 5.28. The smallest absolute Gasteiger partial charge is 0.374 e. The van der Waals surface area contributed by atoms with Crippen LogP contribution in [0, 0.1) is 23.5 Å². The lowest BCUT2D eigenvalue weighted by molar-refractivity contribution is -0.142. The van der Waals surface area contributed by atoms with Gasteiger partial charge in [0, 0.05) is 0 Å². The molecule has 0 bridgehead atoms. The van der Waals surface area contributed by atoms with E-state index in [1.54, 1.807) is 0 Å². The van der Waals surface area contributed by atoms with Gasteiger partial charge in [-0.25, -0.2) is 8.78 Å². The summed E-state index contributed by atoms with van der Waals surface area (Å²) >= 11 is 0. The van der Waals surface area contributed by atoms with Gasteiger partial charge in [0.05, 0.1) is 12.7 Å². The second-order valence-electron chi connectivity index (χ2n) is 7.05. The molecule has 1 unspecified atom stereocenters.